The van der Waals surface area contributed by atoms with Crippen molar-refractivity contribution in [1.82, 2.24) is 4.90 Å². The molecule has 190 valence electrons. The molecule has 0 aromatic heterocycles. The molecule has 3 rings (SSSR count). The summed E-state index contributed by atoms with van der Waals surface area (Å²) in [5, 5.41) is 2.74. The van der Waals surface area contributed by atoms with Crippen molar-refractivity contribution >= 4 is 33.2 Å². The summed E-state index contributed by atoms with van der Waals surface area (Å²) in [6.45, 7) is 6.31. The van der Waals surface area contributed by atoms with Crippen LogP contribution in [0.2, 0.25) is 0 Å². The fraction of sp³-hybridized carbons (Fsp3) is 0.259. The third kappa shape index (κ3) is 6.42. The zero-order valence-electron chi connectivity index (χ0n) is 20.8. The van der Waals surface area contributed by atoms with Gasteiger partial charge in [-0.05, 0) is 69.3 Å². The van der Waals surface area contributed by atoms with Crippen molar-refractivity contribution in [2.75, 3.05) is 29.0 Å². The van der Waals surface area contributed by atoms with E-state index in [1.54, 1.807) is 53.4 Å². The number of carbonyl (C=O) groups is 2. The molecular weight excluding hydrogens is 478 g/mol. The maximum Gasteiger partial charge on any atom is 0.255 e. The molecule has 2 amide bonds. The average molecular weight is 510 g/mol. The minimum Gasteiger partial charge on any atom is -0.457 e. The van der Waals surface area contributed by atoms with Gasteiger partial charge >= 0.3 is 0 Å². The maximum atomic E-state index is 13.2. The van der Waals surface area contributed by atoms with Crippen LogP contribution in [0.5, 0.6) is 11.5 Å². The molecule has 0 heterocycles. The highest BCUT2D eigenvalue weighted by atomic mass is 32.2. The molecule has 0 radical (unpaired) electrons. The Balaban J connectivity index is 1.83. The molecule has 0 saturated heterocycles. The van der Waals surface area contributed by atoms with E-state index in [4.69, 9.17) is 4.74 Å². The zero-order chi connectivity index (χ0) is 26.3. The number of carbonyl (C=O) groups excluding carboxylic acids is 2. The molecule has 1 N–H and O–H groups in total. The van der Waals surface area contributed by atoms with Crippen LogP contribution in [0.3, 0.4) is 0 Å². The quantitative estimate of drug-likeness (QED) is 0.425. The van der Waals surface area contributed by atoms with Gasteiger partial charge < -0.3 is 15.0 Å². The highest BCUT2D eigenvalue weighted by molar-refractivity contribution is 7.92. The first-order chi connectivity index (χ1) is 17.2. The summed E-state index contributed by atoms with van der Waals surface area (Å²) < 4.78 is 32.2. The summed E-state index contributed by atoms with van der Waals surface area (Å²) in [6.07, 6.45) is 1.04. The lowest BCUT2D eigenvalue weighted by Crippen LogP contribution is -2.45. The molecule has 1 atom stereocenters. The molecule has 36 heavy (non-hydrogen) atoms. The van der Waals surface area contributed by atoms with Gasteiger partial charge in [0.15, 0.2) is 0 Å². The summed E-state index contributed by atoms with van der Waals surface area (Å²) in [7, 11) is -3.82. The fourth-order valence-corrected chi connectivity index (χ4v) is 4.97. The normalized spacial score (nSPS) is 11.9. The van der Waals surface area contributed by atoms with Crippen molar-refractivity contribution < 1.29 is 22.7 Å². The number of hydrogen-bond acceptors (Lipinski definition) is 5. The summed E-state index contributed by atoms with van der Waals surface area (Å²) in [4.78, 5) is 27.8. The highest BCUT2D eigenvalue weighted by Crippen LogP contribution is 2.27. The van der Waals surface area contributed by atoms with E-state index in [0.717, 1.165) is 10.6 Å². The van der Waals surface area contributed by atoms with E-state index in [2.05, 4.69) is 5.32 Å². The Labute approximate surface area is 212 Å². The van der Waals surface area contributed by atoms with Gasteiger partial charge in [0, 0.05) is 13.1 Å². The summed E-state index contributed by atoms with van der Waals surface area (Å²) in [6, 6.07) is 21.3. The van der Waals surface area contributed by atoms with Crippen molar-refractivity contribution in [3.8, 4) is 11.5 Å². The third-order valence-corrected chi connectivity index (χ3v) is 6.87. The number of nitrogens with one attached hydrogen (secondary N) is 1. The lowest BCUT2D eigenvalue weighted by Gasteiger charge is -2.28. The van der Waals surface area contributed by atoms with Crippen LogP contribution in [0.15, 0.2) is 78.9 Å². The Kier molecular flexibility index (Phi) is 8.71. The first-order valence-corrected chi connectivity index (χ1v) is 13.5. The number of rotatable bonds is 10. The van der Waals surface area contributed by atoms with Gasteiger partial charge in [-0.15, -0.1) is 0 Å². The number of sulfonamides is 1. The highest BCUT2D eigenvalue weighted by Gasteiger charge is 2.30. The third-order valence-electron chi connectivity index (χ3n) is 5.62. The van der Waals surface area contributed by atoms with E-state index in [0.29, 0.717) is 41.5 Å². The molecular formula is C27H31N3O5S. The van der Waals surface area contributed by atoms with E-state index in [9.17, 15) is 18.0 Å². The van der Waals surface area contributed by atoms with Gasteiger partial charge in [0.1, 0.15) is 17.5 Å². The summed E-state index contributed by atoms with van der Waals surface area (Å²) in [5.74, 6) is 0.401. The van der Waals surface area contributed by atoms with E-state index < -0.39 is 22.0 Å². The average Bonchev–Trinajstić information content (AvgIpc) is 2.86. The molecule has 0 aliphatic carbocycles. The number of hydrogen-bond donors (Lipinski definition) is 1. The summed E-state index contributed by atoms with van der Waals surface area (Å²) in [5.41, 5.74) is 0.981. The Hall–Kier alpha value is -3.85. The van der Waals surface area contributed by atoms with Crippen LogP contribution in [0.1, 0.15) is 31.1 Å². The molecule has 0 fully saturated rings. The van der Waals surface area contributed by atoms with Gasteiger partial charge in [-0.1, -0.05) is 30.3 Å². The Morgan fingerprint density at radius 1 is 0.861 bits per heavy atom. The molecule has 3 aromatic rings. The predicted octanol–water partition coefficient (Wildman–Crippen LogP) is 4.75. The van der Waals surface area contributed by atoms with Crippen molar-refractivity contribution in [2.24, 2.45) is 0 Å². The molecule has 9 heteroatoms. The second kappa shape index (κ2) is 11.7. The monoisotopic (exact) mass is 509 g/mol. The van der Waals surface area contributed by atoms with Crippen LogP contribution in [0.4, 0.5) is 11.4 Å². The minimum atomic E-state index is -3.82. The number of ether oxygens (including phenoxy) is 1. The first-order valence-electron chi connectivity index (χ1n) is 11.7. The lowest BCUT2D eigenvalue weighted by molar-refractivity contribution is -0.116. The maximum absolute atomic E-state index is 13.2. The number of nitrogens with zero attached hydrogens (tertiary/aromatic N) is 2. The molecule has 3 aromatic carbocycles. The second-order valence-electron chi connectivity index (χ2n) is 8.16. The van der Waals surface area contributed by atoms with Crippen LogP contribution in [-0.2, 0) is 14.8 Å². The van der Waals surface area contributed by atoms with Crippen LogP contribution in [0.25, 0.3) is 0 Å². The molecule has 0 aliphatic heterocycles. The Bertz CT molecular complexity index is 1290. The van der Waals surface area contributed by atoms with Crippen molar-refractivity contribution in [2.45, 2.75) is 26.8 Å². The first kappa shape index (κ1) is 26.7. The predicted molar refractivity (Wildman–Crippen MR) is 142 cm³/mol. The van der Waals surface area contributed by atoms with E-state index in [1.807, 2.05) is 44.2 Å². The molecule has 0 spiro atoms. The van der Waals surface area contributed by atoms with Crippen LogP contribution >= 0.6 is 0 Å². The molecule has 0 unspecified atom stereocenters. The van der Waals surface area contributed by atoms with E-state index >= 15 is 0 Å². The largest absolute Gasteiger partial charge is 0.457 e. The van der Waals surface area contributed by atoms with Gasteiger partial charge in [0.05, 0.1) is 23.2 Å². The number of anilines is 2. The van der Waals surface area contributed by atoms with Gasteiger partial charge in [-0.3, -0.25) is 13.9 Å². The number of amides is 2. The van der Waals surface area contributed by atoms with Gasteiger partial charge in [-0.25, -0.2) is 8.42 Å². The lowest BCUT2D eigenvalue weighted by atomic mass is 10.1. The number of benzene rings is 3. The molecule has 0 saturated carbocycles. The van der Waals surface area contributed by atoms with Crippen molar-refractivity contribution in [1.29, 1.82) is 0 Å². The molecule has 0 bridgehead atoms. The Morgan fingerprint density at radius 3 is 2.00 bits per heavy atom. The Morgan fingerprint density at radius 2 is 1.42 bits per heavy atom. The van der Waals surface area contributed by atoms with Gasteiger partial charge in [0.2, 0.25) is 15.9 Å². The van der Waals surface area contributed by atoms with E-state index in [-0.39, 0.29) is 5.91 Å². The van der Waals surface area contributed by atoms with Crippen LogP contribution in [0, 0.1) is 0 Å². The van der Waals surface area contributed by atoms with Crippen molar-refractivity contribution in [3.63, 3.8) is 0 Å². The van der Waals surface area contributed by atoms with Gasteiger partial charge in [0.25, 0.3) is 5.91 Å². The van der Waals surface area contributed by atoms with E-state index in [1.165, 1.54) is 6.92 Å². The topological polar surface area (TPSA) is 96.0 Å². The van der Waals surface area contributed by atoms with Gasteiger partial charge in [-0.2, -0.15) is 0 Å². The molecule has 0 aliphatic rings. The van der Waals surface area contributed by atoms with Crippen molar-refractivity contribution in [3.05, 3.63) is 84.4 Å². The van der Waals surface area contributed by atoms with Crippen LogP contribution in [-0.4, -0.2) is 50.5 Å². The second-order valence-corrected chi connectivity index (χ2v) is 10.0. The fourth-order valence-electron chi connectivity index (χ4n) is 3.79. The smallest absolute Gasteiger partial charge is 0.255 e. The molecule has 8 nitrogen and oxygen atoms in total. The number of para-hydroxylation sites is 2. The zero-order valence-corrected chi connectivity index (χ0v) is 21.7. The minimum absolute atomic E-state index is 0.211. The standard InChI is InChI=1S/C27H31N3O5S/c1-5-29(6-2)27(32)24-14-10-11-15-25(24)28-26(31)20(3)30(36(4,33)34)21-16-18-23(19-17-21)35-22-12-8-7-9-13-22/h7-20H,5-6H2,1-4H3,(H,28,31)/t20-/m0/s1. The van der Waals surface area contributed by atoms with Crippen LogP contribution < -0.4 is 14.4 Å². The summed E-state index contributed by atoms with van der Waals surface area (Å²) >= 11 is 0. The SMILES string of the molecule is CCN(CC)C(=O)c1ccccc1NC(=O)[C@H](C)N(c1ccc(Oc2ccccc2)cc1)S(C)(=O)=O.